The van der Waals surface area contributed by atoms with Gasteiger partial charge >= 0.3 is 0 Å². The third kappa shape index (κ3) is 4.98. The minimum Gasteiger partial charge on any atom is -0.496 e. The summed E-state index contributed by atoms with van der Waals surface area (Å²) in [4.78, 5) is 0.233. The molecule has 1 atom stereocenters. The number of nitrogens with one attached hydrogen (secondary N) is 1. The second-order valence-corrected chi connectivity index (χ2v) is 7.93. The number of benzene rings is 1. The van der Waals surface area contributed by atoms with Gasteiger partial charge in [-0.05, 0) is 46.8 Å². The first kappa shape index (κ1) is 16.8. The fourth-order valence-corrected chi connectivity index (χ4v) is 3.53. The summed E-state index contributed by atoms with van der Waals surface area (Å²) in [7, 11) is -1.92. The highest BCUT2D eigenvalue weighted by atomic mass is 79.9. The lowest BCUT2D eigenvalue weighted by Crippen LogP contribution is -2.26. The average Bonchev–Trinajstić information content (AvgIpc) is 2.38. The van der Waals surface area contributed by atoms with Gasteiger partial charge in [0, 0.05) is 11.8 Å². The smallest absolute Gasteiger partial charge is 0.240 e. The Hall–Kier alpha value is -0.240. The van der Waals surface area contributed by atoms with Crippen LogP contribution in [-0.2, 0) is 10.0 Å². The molecule has 7 heteroatoms. The first-order chi connectivity index (χ1) is 8.90. The number of rotatable bonds is 7. The average molecular weight is 368 g/mol. The van der Waals surface area contributed by atoms with Crippen molar-refractivity contribution < 1.29 is 13.2 Å². The molecular weight excluding hydrogens is 350 g/mol. The van der Waals surface area contributed by atoms with Gasteiger partial charge in [-0.1, -0.05) is 6.92 Å². The van der Waals surface area contributed by atoms with E-state index in [-0.39, 0.29) is 4.90 Å². The van der Waals surface area contributed by atoms with E-state index < -0.39 is 10.0 Å². The zero-order valence-corrected chi connectivity index (χ0v) is 14.4. The van der Waals surface area contributed by atoms with Gasteiger partial charge in [0.15, 0.2) is 0 Å². The predicted molar refractivity (Wildman–Crippen MR) is 83.5 cm³/mol. The van der Waals surface area contributed by atoms with Crippen LogP contribution in [0.4, 0.5) is 0 Å². The van der Waals surface area contributed by atoms with Crippen LogP contribution < -0.4 is 9.46 Å². The number of methoxy groups -OCH3 is 1. The van der Waals surface area contributed by atoms with Crippen molar-refractivity contribution in [1.82, 2.24) is 4.72 Å². The van der Waals surface area contributed by atoms with Crippen molar-refractivity contribution in [3.05, 3.63) is 22.7 Å². The van der Waals surface area contributed by atoms with Gasteiger partial charge in [-0.15, -0.1) is 0 Å². The van der Waals surface area contributed by atoms with Crippen LogP contribution in [0, 0.1) is 0 Å². The van der Waals surface area contributed by atoms with E-state index in [2.05, 4.69) is 27.6 Å². The molecule has 1 N–H and O–H groups in total. The van der Waals surface area contributed by atoms with E-state index in [9.17, 15) is 8.42 Å². The third-order valence-corrected chi connectivity index (χ3v) is 5.80. The first-order valence-electron chi connectivity index (χ1n) is 5.76. The second kappa shape index (κ2) is 7.52. The normalized spacial score (nSPS) is 13.3. The number of thioether (sulfide) groups is 1. The molecule has 0 aliphatic rings. The molecule has 0 saturated carbocycles. The Morgan fingerprint density at radius 1 is 1.47 bits per heavy atom. The lowest BCUT2D eigenvalue weighted by Gasteiger charge is -2.11. The van der Waals surface area contributed by atoms with Crippen molar-refractivity contribution >= 4 is 37.7 Å². The highest BCUT2D eigenvalue weighted by molar-refractivity contribution is 9.10. The van der Waals surface area contributed by atoms with E-state index in [1.807, 2.05) is 6.26 Å². The van der Waals surface area contributed by atoms with Gasteiger partial charge in [0.2, 0.25) is 10.0 Å². The molecule has 19 heavy (non-hydrogen) atoms. The van der Waals surface area contributed by atoms with Gasteiger partial charge in [0.05, 0.1) is 16.5 Å². The zero-order chi connectivity index (χ0) is 14.5. The summed E-state index contributed by atoms with van der Waals surface area (Å²) in [5.41, 5.74) is 0. The Bertz CT molecular complexity index is 520. The van der Waals surface area contributed by atoms with Crippen LogP contribution in [-0.4, -0.2) is 33.6 Å². The van der Waals surface area contributed by atoms with Crippen molar-refractivity contribution in [3.8, 4) is 5.75 Å². The fourth-order valence-electron chi connectivity index (χ4n) is 1.41. The van der Waals surface area contributed by atoms with Gasteiger partial charge in [0.1, 0.15) is 5.75 Å². The van der Waals surface area contributed by atoms with Gasteiger partial charge < -0.3 is 4.74 Å². The van der Waals surface area contributed by atoms with Crippen LogP contribution in [0.15, 0.2) is 27.6 Å². The van der Waals surface area contributed by atoms with Gasteiger partial charge in [0.25, 0.3) is 0 Å². The number of ether oxygens (including phenoxy) is 1. The van der Waals surface area contributed by atoms with E-state index in [0.29, 0.717) is 22.0 Å². The standard InChI is InChI=1S/C12H18BrNO3S2/c1-9(18-3)6-7-14-19(15,16)10-4-5-12(17-2)11(13)8-10/h4-5,8-9,14H,6-7H2,1-3H3. The largest absolute Gasteiger partial charge is 0.496 e. The molecular formula is C12H18BrNO3S2. The quantitative estimate of drug-likeness (QED) is 0.804. The molecule has 0 radical (unpaired) electrons. The van der Waals surface area contributed by atoms with Crippen LogP contribution in [0.2, 0.25) is 0 Å². The number of halogens is 1. The van der Waals surface area contributed by atoms with E-state index in [1.165, 1.54) is 13.2 Å². The molecule has 4 nitrogen and oxygen atoms in total. The molecule has 108 valence electrons. The number of hydrogen-bond acceptors (Lipinski definition) is 4. The van der Waals surface area contributed by atoms with E-state index in [0.717, 1.165) is 6.42 Å². The summed E-state index contributed by atoms with van der Waals surface area (Å²) in [6, 6.07) is 4.70. The summed E-state index contributed by atoms with van der Waals surface area (Å²) in [6.45, 7) is 2.51. The van der Waals surface area contributed by atoms with E-state index in [4.69, 9.17) is 4.74 Å². The van der Waals surface area contributed by atoms with Crippen LogP contribution in [0.3, 0.4) is 0 Å². The molecule has 0 bridgehead atoms. The van der Waals surface area contributed by atoms with Crippen LogP contribution in [0.1, 0.15) is 13.3 Å². The summed E-state index contributed by atoms with van der Waals surface area (Å²) in [5, 5.41) is 0.435. The molecule has 0 fully saturated rings. The Kier molecular flexibility index (Phi) is 6.65. The Morgan fingerprint density at radius 2 is 2.16 bits per heavy atom. The Labute approximate surface area is 127 Å². The minimum absolute atomic E-state index is 0.233. The lowest BCUT2D eigenvalue weighted by atomic mass is 10.3. The summed E-state index contributed by atoms with van der Waals surface area (Å²) in [6.07, 6.45) is 2.82. The SMILES string of the molecule is COc1ccc(S(=O)(=O)NCCC(C)SC)cc1Br. The molecule has 1 rings (SSSR count). The minimum atomic E-state index is -3.46. The molecule has 0 aliphatic carbocycles. The van der Waals surface area contributed by atoms with E-state index >= 15 is 0 Å². The van der Waals surface area contributed by atoms with Crippen molar-refractivity contribution in [2.24, 2.45) is 0 Å². The topological polar surface area (TPSA) is 55.4 Å². The number of sulfonamides is 1. The van der Waals surface area contributed by atoms with Crippen LogP contribution >= 0.6 is 27.7 Å². The Balaban J connectivity index is 2.75. The highest BCUT2D eigenvalue weighted by Crippen LogP contribution is 2.27. The highest BCUT2D eigenvalue weighted by Gasteiger charge is 2.15. The van der Waals surface area contributed by atoms with Gasteiger partial charge in [-0.2, -0.15) is 11.8 Å². The monoisotopic (exact) mass is 367 g/mol. The van der Waals surface area contributed by atoms with Crippen molar-refractivity contribution in [3.63, 3.8) is 0 Å². The Morgan fingerprint density at radius 3 is 2.68 bits per heavy atom. The zero-order valence-electron chi connectivity index (χ0n) is 11.1. The first-order valence-corrected chi connectivity index (χ1v) is 9.33. The van der Waals surface area contributed by atoms with Gasteiger partial charge in [-0.25, -0.2) is 13.1 Å². The summed E-state index contributed by atoms with van der Waals surface area (Å²) >= 11 is 5.00. The lowest BCUT2D eigenvalue weighted by molar-refractivity contribution is 0.411. The van der Waals surface area contributed by atoms with Crippen molar-refractivity contribution in [2.75, 3.05) is 19.9 Å². The van der Waals surface area contributed by atoms with Crippen molar-refractivity contribution in [1.29, 1.82) is 0 Å². The molecule has 1 aromatic rings. The van der Waals surface area contributed by atoms with Crippen LogP contribution in [0.5, 0.6) is 5.75 Å². The maximum atomic E-state index is 12.1. The second-order valence-electron chi connectivity index (χ2n) is 4.03. The maximum absolute atomic E-state index is 12.1. The van der Waals surface area contributed by atoms with Gasteiger partial charge in [-0.3, -0.25) is 0 Å². The van der Waals surface area contributed by atoms with E-state index in [1.54, 1.807) is 23.9 Å². The number of hydrogen-bond donors (Lipinski definition) is 1. The fraction of sp³-hybridized carbons (Fsp3) is 0.500. The summed E-state index contributed by atoms with van der Waals surface area (Å²) < 4.78 is 32.4. The predicted octanol–water partition coefficient (Wildman–Crippen LogP) is 2.88. The molecule has 0 aliphatic heterocycles. The molecule has 0 saturated heterocycles. The molecule has 1 unspecified atom stereocenters. The molecule has 0 amide bonds. The maximum Gasteiger partial charge on any atom is 0.240 e. The molecule has 0 aromatic heterocycles. The summed E-state index contributed by atoms with van der Waals surface area (Å²) in [5.74, 6) is 0.606. The molecule has 1 aromatic carbocycles. The van der Waals surface area contributed by atoms with Crippen LogP contribution in [0.25, 0.3) is 0 Å². The third-order valence-electron chi connectivity index (χ3n) is 2.68. The molecule has 0 heterocycles. The van der Waals surface area contributed by atoms with Crippen molar-refractivity contribution in [2.45, 2.75) is 23.5 Å². The molecule has 0 spiro atoms.